The molecule has 0 heterocycles. The van der Waals surface area contributed by atoms with Crippen molar-refractivity contribution in [1.82, 2.24) is 0 Å². The van der Waals surface area contributed by atoms with Crippen LogP contribution >= 0.6 is 0 Å². The second-order valence-corrected chi connectivity index (χ2v) is 2.79. The fourth-order valence-electron chi connectivity index (χ4n) is 1.23. The van der Waals surface area contributed by atoms with Crippen LogP contribution in [0.2, 0.25) is 0 Å². The highest BCUT2D eigenvalue weighted by atomic mass is 16.5. The number of hydrogen-bond acceptors (Lipinski definition) is 2. The van der Waals surface area contributed by atoms with Crippen molar-refractivity contribution in [2.75, 3.05) is 6.61 Å². The smallest absolute Gasteiger partial charge is 0.338 e. The quantitative estimate of drug-likeness (QED) is 0.541. The summed E-state index contributed by atoms with van der Waals surface area (Å²) in [6, 6.07) is 9.51. The Morgan fingerprint density at radius 3 is 2.50 bits per heavy atom. The van der Waals surface area contributed by atoms with Crippen molar-refractivity contribution in [1.29, 1.82) is 0 Å². The molecule has 14 heavy (non-hydrogen) atoms. The van der Waals surface area contributed by atoms with Crippen LogP contribution in [0.15, 0.2) is 36.4 Å². The second-order valence-electron chi connectivity index (χ2n) is 2.79. The summed E-state index contributed by atoms with van der Waals surface area (Å²) in [5, 5.41) is 0. The van der Waals surface area contributed by atoms with Gasteiger partial charge in [0.1, 0.15) is 0 Å². The van der Waals surface area contributed by atoms with Crippen molar-refractivity contribution < 1.29 is 9.53 Å². The molecule has 0 fully saturated rings. The maximum absolute atomic E-state index is 11.5. The van der Waals surface area contributed by atoms with E-state index in [0.29, 0.717) is 12.2 Å². The number of ether oxygens (including phenoxy) is 1. The van der Waals surface area contributed by atoms with Crippen molar-refractivity contribution in [3.8, 4) is 0 Å². The normalized spacial score (nSPS) is 11.1. The number of carbonyl (C=O) groups excluding carboxylic acids is 1. The van der Waals surface area contributed by atoms with Gasteiger partial charge < -0.3 is 4.74 Å². The molecule has 0 spiro atoms. The van der Waals surface area contributed by atoms with E-state index in [4.69, 9.17) is 4.74 Å². The molecular formula is C12H14O2. The molecule has 0 amide bonds. The lowest BCUT2D eigenvalue weighted by atomic mass is 10.1. The molecule has 0 aliphatic rings. The zero-order valence-corrected chi connectivity index (χ0v) is 8.49. The Morgan fingerprint density at radius 2 is 2.00 bits per heavy atom. The molecule has 74 valence electrons. The average molecular weight is 190 g/mol. The number of benzene rings is 1. The fraction of sp³-hybridized carbons (Fsp3) is 0.250. The van der Waals surface area contributed by atoms with Crippen LogP contribution in [0.3, 0.4) is 0 Å². The maximum Gasteiger partial charge on any atom is 0.338 e. The first-order valence-electron chi connectivity index (χ1n) is 4.68. The largest absolute Gasteiger partial charge is 0.462 e. The molecule has 2 nitrogen and oxygen atoms in total. The number of esters is 1. The van der Waals surface area contributed by atoms with Gasteiger partial charge in [-0.1, -0.05) is 36.4 Å². The highest BCUT2D eigenvalue weighted by Crippen LogP contribution is 2.15. The lowest BCUT2D eigenvalue weighted by molar-refractivity contribution is -0.136. The van der Waals surface area contributed by atoms with E-state index in [-0.39, 0.29) is 5.97 Å². The molecule has 0 radical (unpaired) electrons. The van der Waals surface area contributed by atoms with Gasteiger partial charge in [0.2, 0.25) is 0 Å². The summed E-state index contributed by atoms with van der Waals surface area (Å²) in [7, 11) is 0. The molecule has 0 N–H and O–H groups in total. The molecule has 0 saturated carbocycles. The van der Waals surface area contributed by atoms with Gasteiger partial charge in [0, 0.05) is 0 Å². The van der Waals surface area contributed by atoms with Gasteiger partial charge in [-0.25, -0.2) is 4.79 Å². The van der Waals surface area contributed by atoms with Gasteiger partial charge in [0.05, 0.1) is 12.2 Å². The first-order chi connectivity index (χ1) is 6.79. The molecule has 0 unspecified atom stereocenters. The molecule has 0 atom stereocenters. The summed E-state index contributed by atoms with van der Waals surface area (Å²) in [6.45, 7) is 4.04. The SMILES string of the molecule is CC=C(C(=O)OCC)c1ccccc1. The Morgan fingerprint density at radius 1 is 1.36 bits per heavy atom. The van der Waals surface area contributed by atoms with Crippen LogP contribution in [0.25, 0.3) is 5.57 Å². The zero-order valence-electron chi connectivity index (χ0n) is 8.49. The van der Waals surface area contributed by atoms with E-state index in [2.05, 4.69) is 0 Å². The summed E-state index contributed by atoms with van der Waals surface area (Å²) >= 11 is 0. The van der Waals surface area contributed by atoms with E-state index in [1.54, 1.807) is 13.0 Å². The third kappa shape index (κ3) is 2.46. The van der Waals surface area contributed by atoms with E-state index >= 15 is 0 Å². The summed E-state index contributed by atoms with van der Waals surface area (Å²) in [4.78, 5) is 11.5. The predicted octanol–water partition coefficient (Wildman–Crippen LogP) is 2.65. The van der Waals surface area contributed by atoms with Crippen molar-refractivity contribution in [2.24, 2.45) is 0 Å². The fourth-order valence-corrected chi connectivity index (χ4v) is 1.23. The minimum atomic E-state index is -0.263. The van der Waals surface area contributed by atoms with Gasteiger partial charge >= 0.3 is 5.97 Å². The van der Waals surface area contributed by atoms with Crippen molar-refractivity contribution in [3.63, 3.8) is 0 Å². The summed E-state index contributed by atoms with van der Waals surface area (Å²) in [6.07, 6.45) is 1.77. The Balaban J connectivity index is 2.89. The van der Waals surface area contributed by atoms with Gasteiger partial charge in [0.25, 0.3) is 0 Å². The monoisotopic (exact) mass is 190 g/mol. The van der Waals surface area contributed by atoms with Crippen LogP contribution in [0, 0.1) is 0 Å². The van der Waals surface area contributed by atoms with Crippen molar-refractivity contribution in [3.05, 3.63) is 42.0 Å². The van der Waals surface area contributed by atoms with Gasteiger partial charge in [-0.3, -0.25) is 0 Å². The maximum atomic E-state index is 11.5. The van der Waals surface area contributed by atoms with E-state index < -0.39 is 0 Å². The Hall–Kier alpha value is -1.57. The van der Waals surface area contributed by atoms with E-state index in [1.807, 2.05) is 37.3 Å². The lowest BCUT2D eigenvalue weighted by Gasteiger charge is -2.05. The van der Waals surface area contributed by atoms with Crippen LogP contribution in [0.4, 0.5) is 0 Å². The Labute approximate surface area is 84.2 Å². The Kier molecular flexibility index (Phi) is 3.92. The van der Waals surface area contributed by atoms with E-state index in [1.165, 1.54) is 0 Å². The van der Waals surface area contributed by atoms with Crippen LogP contribution in [-0.4, -0.2) is 12.6 Å². The van der Waals surface area contributed by atoms with Gasteiger partial charge in [0.15, 0.2) is 0 Å². The lowest BCUT2D eigenvalue weighted by Crippen LogP contribution is -2.06. The predicted molar refractivity (Wildman–Crippen MR) is 56.7 cm³/mol. The van der Waals surface area contributed by atoms with Gasteiger partial charge in [-0.05, 0) is 19.4 Å². The topological polar surface area (TPSA) is 26.3 Å². The molecule has 1 aromatic rings. The minimum absolute atomic E-state index is 0.263. The molecule has 0 bridgehead atoms. The van der Waals surface area contributed by atoms with E-state index in [0.717, 1.165) is 5.56 Å². The molecular weight excluding hydrogens is 176 g/mol. The molecule has 0 aromatic heterocycles. The molecule has 0 aliphatic heterocycles. The number of rotatable bonds is 3. The standard InChI is InChI=1S/C12H14O2/c1-3-11(12(13)14-4-2)10-8-6-5-7-9-10/h3,5-9H,4H2,1-2H3. The number of allylic oxidation sites excluding steroid dienone is 1. The van der Waals surface area contributed by atoms with E-state index in [9.17, 15) is 4.79 Å². The average Bonchev–Trinajstić information content (AvgIpc) is 2.21. The molecule has 0 saturated heterocycles. The van der Waals surface area contributed by atoms with Gasteiger partial charge in [-0.15, -0.1) is 0 Å². The first kappa shape index (κ1) is 10.5. The summed E-state index contributed by atoms with van der Waals surface area (Å²) < 4.78 is 4.94. The second kappa shape index (κ2) is 5.22. The molecule has 1 rings (SSSR count). The molecule has 2 heteroatoms. The van der Waals surface area contributed by atoms with Crippen LogP contribution in [0.1, 0.15) is 19.4 Å². The molecule has 0 aliphatic carbocycles. The highest BCUT2D eigenvalue weighted by molar-refractivity contribution is 6.16. The first-order valence-corrected chi connectivity index (χ1v) is 4.68. The summed E-state index contributed by atoms with van der Waals surface area (Å²) in [5.74, 6) is -0.263. The summed E-state index contributed by atoms with van der Waals surface area (Å²) in [5.41, 5.74) is 1.51. The highest BCUT2D eigenvalue weighted by Gasteiger charge is 2.10. The zero-order chi connectivity index (χ0) is 10.4. The molecule has 1 aromatic carbocycles. The minimum Gasteiger partial charge on any atom is -0.462 e. The van der Waals surface area contributed by atoms with Crippen molar-refractivity contribution in [2.45, 2.75) is 13.8 Å². The van der Waals surface area contributed by atoms with Crippen LogP contribution in [0.5, 0.6) is 0 Å². The van der Waals surface area contributed by atoms with Crippen LogP contribution < -0.4 is 0 Å². The Bertz CT molecular complexity index is 325. The van der Waals surface area contributed by atoms with Gasteiger partial charge in [-0.2, -0.15) is 0 Å². The number of carbonyl (C=O) groups is 1. The third-order valence-electron chi connectivity index (χ3n) is 1.87. The van der Waals surface area contributed by atoms with Crippen LogP contribution in [-0.2, 0) is 9.53 Å². The third-order valence-corrected chi connectivity index (χ3v) is 1.87. The number of hydrogen-bond donors (Lipinski definition) is 0. The van der Waals surface area contributed by atoms with Crippen molar-refractivity contribution >= 4 is 11.5 Å².